The molecular formula is C12H25NO. The van der Waals surface area contributed by atoms with E-state index in [4.69, 9.17) is 4.74 Å². The maximum Gasteiger partial charge on any atom is 0.0524 e. The van der Waals surface area contributed by atoms with Crippen LogP contribution >= 0.6 is 0 Å². The summed E-state index contributed by atoms with van der Waals surface area (Å²) in [4.78, 5) is 0. The molecule has 84 valence electrons. The fraction of sp³-hybridized carbons (Fsp3) is 1.00. The quantitative estimate of drug-likeness (QED) is 0.635. The molecule has 0 amide bonds. The topological polar surface area (TPSA) is 21.3 Å². The van der Waals surface area contributed by atoms with E-state index in [9.17, 15) is 0 Å². The van der Waals surface area contributed by atoms with Gasteiger partial charge in [0.15, 0.2) is 0 Å². The molecule has 2 heteroatoms. The Morgan fingerprint density at radius 1 is 1.50 bits per heavy atom. The normalized spacial score (nSPS) is 31.1. The highest BCUT2D eigenvalue weighted by atomic mass is 16.5. The van der Waals surface area contributed by atoms with Crippen molar-refractivity contribution in [2.75, 3.05) is 26.8 Å². The maximum atomic E-state index is 5.34. The first-order valence-electron chi connectivity index (χ1n) is 5.87. The molecule has 0 radical (unpaired) electrons. The molecule has 1 rings (SSSR count). The van der Waals surface area contributed by atoms with Crippen molar-refractivity contribution in [3.63, 3.8) is 0 Å². The van der Waals surface area contributed by atoms with E-state index in [1.807, 2.05) is 7.11 Å². The molecule has 0 aliphatic heterocycles. The van der Waals surface area contributed by atoms with Crippen molar-refractivity contribution < 1.29 is 4.74 Å². The second-order valence-corrected chi connectivity index (χ2v) is 4.93. The lowest BCUT2D eigenvalue weighted by atomic mass is 9.90. The molecular weight excluding hydrogens is 174 g/mol. The van der Waals surface area contributed by atoms with Gasteiger partial charge in [0.2, 0.25) is 0 Å². The Kier molecular flexibility index (Phi) is 4.39. The van der Waals surface area contributed by atoms with Crippen molar-refractivity contribution in [3.8, 4) is 0 Å². The smallest absolute Gasteiger partial charge is 0.0524 e. The Morgan fingerprint density at radius 3 is 2.71 bits per heavy atom. The van der Waals surface area contributed by atoms with Gasteiger partial charge in [-0.3, -0.25) is 0 Å². The van der Waals surface area contributed by atoms with Gasteiger partial charge in [0, 0.05) is 12.5 Å². The van der Waals surface area contributed by atoms with Crippen LogP contribution in [-0.4, -0.2) is 26.8 Å². The highest BCUT2D eigenvalue weighted by Crippen LogP contribution is 2.57. The lowest BCUT2D eigenvalue weighted by Gasteiger charge is -2.21. The van der Waals surface area contributed by atoms with Crippen molar-refractivity contribution >= 4 is 0 Å². The zero-order valence-corrected chi connectivity index (χ0v) is 10.1. The lowest BCUT2D eigenvalue weighted by molar-refractivity contribution is 0.104. The van der Waals surface area contributed by atoms with Gasteiger partial charge < -0.3 is 10.1 Å². The highest BCUT2D eigenvalue weighted by Gasteiger charge is 2.55. The number of methoxy groups -OCH3 is 1. The number of hydrogen-bond acceptors (Lipinski definition) is 2. The fourth-order valence-electron chi connectivity index (χ4n) is 2.45. The second kappa shape index (κ2) is 5.13. The average molecular weight is 199 g/mol. The van der Waals surface area contributed by atoms with Crippen LogP contribution in [0.25, 0.3) is 0 Å². The predicted molar refractivity (Wildman–Crippen MR) is 60.4 cm³/mol. The number of ether oxygens (including phenoxy) is 1. The van der Waals surface area contributed by atoms with Crippen molar-refractivity contribution in [1.29, 1.82) is 0 Å². The monoisotopic (exact) mass is 199 g/mol. The van der Waals surface area contributed by atoms with Gasteiger partial charge in [-0.1, -0.05) is 20.8 Å². The summed E-state index contributed by atoms with van der Waals surface area (Å²) < 4.78 is 5.34. The Balaban J connectivity index is 2.29. The Bertz CT molecular complexity index is 170. The number of hydrogen-bond donors (Lipinski definition) is 1. The van der Waals surface area contributed by atoms with Crippen LogP contribution in [0.3, 0.4) is 0 Å². The van der Waals surface area contributed by atoms with Crippen LogP contribution in [0.4, 0.5) is 0 Å². The van der Waals surface area contributed by atoms with E-state index in [1.54, 1.807) is 0 Å². The molecule has 0 bridgehead atoms. The summed E-state index contributed by atoms with van der Waals surface area (Å²) in [5.41, 5.74) is 0.482. The van der Waals surface area contributed by atoms with E-state index < -0.39 is 0 Å². The summed E-state index contributed by atoms with van der Waals surface area (Å²) in [5, 5.41) is 3.51. The minimum Gasteiger partial charge on any atom is -0.384 e. The minimum atomic E-state index is 0.482. The second-order valence-electron chi connectivity index (χ2n) is 4.93. The SMILES string of the molecule is CCCNCC1CC1(COC)C(C)C. The first-order valence-corrected chi connectivity index (χ1v) is 5.87. The summed E-state index contributed by atoms with van der Waals surface area (Å²) in [6, 6.07) is 0. The van der Waals surface area contributed by atoms with Gasteiger partial charge in [0.25, 0.3) is 0 Å². The van der Waals surface area contributed by atoms with E-state index in [0.29, 0.717) is 5.41 Å². The highest BCUT2D eigenvalue weighted by molar-refractivity contribution is 5.04. The molecule has 0 spiro atoms. The van der Waals surface area contributed by atoms with Crippen molar-refractivity contribution in [3.05, 3.63) is 0 Å². The van der Waals surface area contributed by atoms with Crippen LogP contribution in [-0.2, 0) is 4.74 Å². The summed E-state index contributed by atoms with van der Waals surface area (Å²) in [6.45, 7) is 10.1. The molecule has 1 saturated carbocycles. The van der Waals surface area contributed by atoms with Crippen molar-refractivity contribution in [1.82, 2.24) is 5.32 Å². The first-order chi connectivity index (χ1) is 6.67. The summed E-state index contributed by atoms with van der Waals surface area (Å²) in [5.74, 6) is 1.59. The Labute approximate surface area is 88.4 Å². The van der Waals surface area contributed by atoms with Gasteiger partial charge in [-0.15, -0.1) is 0 Å². The molecule has 1 aliphatic rings. The molecule has 14 heavy (non-hydrogen) atoms. The summed E-state index contributed by atoms with van der Waals surface area (Å²) in [7, 11) is 1.82. The molecule has 2 unspecified atom stereocenters. The van der Waals surface area contributed by atoms with E-state index in [2.05, 4.69) is 26.1 Å². The fourth-order valence-corrected chi connectivity index (χ4v) is 2.45. The van der Waals surface area contributed by atoms with E-state index in [0.717, 1.165) is 25.0 Å². The van der Waals surface area contributed by atoms with Crippen LogP contribution in [0.1, 0.15) is 33.6 Å². The Hall–Kier alpha value is -0.0800. The van der Waals surface area contributed by atoms with Crippen LogP contribution in [0.15, 0.2) is 0 Å². The number of nitrogens with one attached hydrogen (secondary N) is 1. The molecule has 2 nitrogen and oxygen atoms in total. The van der Waals surface area contributed by atoms with Gasteiger partial charge in [0.1, 0.15) is 0 Å². The molecule has 0 aromatic carbocycles. The summed E-state index contributed by atoms with van der Waals surface area (Å²) in [6.07, 6.45) is 2.57. The third kappa shape index (κ3) is 2.48. The minimum absolute atomic E-state index is 0.482. The third-order valence-electron chi connectivity index (χ3n) is 3.66. The summed E-state index contributed by atoms with van der Waals surface area (Å²) >= 11 is 0. The zero-order chi connectivity index (χ0) is 10.6. The van der Waals surface area contributed by atoms with Gasteiger partial charge >= 0.3 is 0 Å². The standard InChI is InChI=1S/C12H25NO/c1-5-6-13-8-11-7-12(11,9-14-4)10(2)3/h10-11,13H,5-9H2,1-4H3. The van der Waals surface area contributed by atoms with Crippen LogP contribution < -0.4 is 5.32 Å². The van der Waals surface area contributed by atoms with Gasteiger partial charge in [-0.2, -0.15) is 0 Å². The molecule has 2 atom stereocenters. The molecule has 0 saturated heterocycles. The predicted octanol–water partition coefficient (Wildman–Crippen LogP) is 2.29. The molecule has 1 aliphatic carbocycles. The zero-order valence-electron chi connectivity index (χ0n) is 10.1. The van der Waals surface area contributed by atoms with Crippen molar-refractivity contribution in [2.45, 2.75) is 33.6 Å². The maximum absolute atomic E-state index is 5.34. The van der Waals surface area contributed by atoms with Crippen LogP contribution in [0.2, 0.25) is 0 Å². The van der Waals surface area contributed by atoms with Crippen LogP contribution in [0, 0.1) is 17.3 Å². The molecule has 1 fully saturated rings. The van der Waals surface area contributed by atoms with E-state index >= 15 is 0 Å². The van der Waals surface area contributed by atoms with E-state index in [1.165, 1.54) is 19.4 Å². The van der Waals surface area contributed by atoms with Crippen LogP contribution in [0.5, 0.6) is 0 Å². The van der Waals surface area contributed by atoms with Crippen molar-refractivity contribution in [2.24, 2.45) is 17.3 Å². The lowest BCUT2D eigenvalue weighted by Crippen LogP contribution is -2.25. The largest absolute Gasteiger partial charge is 0.384 e. The van der Waals surface area contributed by atoms with Gasteiger partial charge in [-0.25, -0.2) is 0 Å². The third-order valence-corrected chi connectivity index (χ3v) is 3.66. The Morgan fingerprint density at radius 2 is 2.21 bits per heavy atom. The first kappa shape index (κ1) is 12.0. The van der Waals surface area contributed by atoms with E-state index in [-0.39, 0.29) is 0 Å². The molecule has 0 aromatic heterocycles. The molecule has 0 heterocycles. The van der Waals surface area contributed by atoms with Gasteiger partial charge in [0.05, 0.1) is 6.61 Å². The van der Waals surface area contributed by atoms with Gasteiger partial charge in [-0.05, 0) is 37.8 Å². The molecule has 0 aromatic rings. The average Bonchev–Trinajstić information content (AvgIpc) is 2.82. The number of rotatable bonds is 7. The molecule has 1 N–H and O–H groups in total.